The maximum Gasteiger partial charge on any atom is 0.161 e. The van der Waals surface area contributed by atoms with Crippen LogP contribution >= 0.6 is 0 Å². The van der Waals surface area contributed by atoms with E-state index in [9.17, 15) is 4.39 Å². The summed E-state index contributed by atoms with van der Waals surface area (Å²) in [4.78, 5) is 0. The third-order valence-electron chi connectivity index (χ3n) is 2.45. The number of rotatable bonds is 4. The zero-order valence-electron chi connectivity index (χ0n) is 10.1. The molecule has 0 heterocycles. The van der Waals surface area contributed by atoms with Crippen LogP contribution in [0, 0.1) is 0 Å². The number of hydrogen-bond acceptors (Lipinski definition) is 3. The van der Waals surface area contributed by atoms with E-state index in [0.717, 1.165) is 5.56 Å². The second-order valence-electron chi connectivity index (χ2n) is 4.22. The fourth-order valence-corrected chi connectivity index (χ4v) is 1.63. The third kappa shape index (κ3) is 2.44. The van der Waals surface area contributed by atoms with Crippen LogP contribution in [0.25, 0.3) is 0 Å². The van der Waals surface area contributed by atoms with Gasteiger partial charge in [-0.1, -0.05) is 0 Å². The maximum atomic E-state index is 12.9. The highest BCUT2D eigenvalue weighted by Crippen LogP contribution is 2.34. The van der Waals surface area contributed by atoms with Gasteiger partial charge in [-0.25, -0.2) is 4.39 Å². The second-order valence-corrected chi connectivity index (χ2v) is 4.22. The van der Waals surface area contributed by atoms with Gasteiger partial charge in [0.2, 0.25) is 0 Å². The first-order chi connectivity index (χ1) is 7.43. The van der Waals surface area contributed by atoms with Crippen LogP contribution in [0.3, 0.4) is 0 Å². The molecule has 0 aliphatic heterocycles. The molecule has 2 N–H and O–H groups in total. The lowest BCUT2D eigenvalue weighted by molar-refractivity contribution is 0.351. The molecule has 1 rings (SSSR count). The summed E-state index contributed by atoms with van der Waals surface area (Å²) < 4.78 is 23.2. The number of benzene rings is 1. The SMILES string of the molecule is COc1cc(CF)c(C(C)(C)N)cc1OC. The second kappa shape index (κ2) is 4.70. The van der Waals surface area contributed by atoms with Crippen molar-refractivity contribution in [1.82, 2.24) is 0 Å². The number of nitrogens with two attached hydrogens (primary N) is 1. The van der Waals surface area contributed by atoms with E-state index in [4.69, 9.17) is 15.2 Å². The zero-order chi connectivity index (χ0) is 12.3. The molecule has 1 aromatic carbocycles. The summed E-state index contributed by atoms with van der Waals surface area (Å²) in [5.41, 5.74) is 6.64. The number of methoxy groups -OCH3 is 2. The fourth-order valence-electron chi connectivity index (χ4n) is 1.63. The van der Waals surface area contributed by atoms with E-state index < -0.39 is 12.2 Å². The van der Waals surface area contributed by atoms with Crippen molar-refractivity contribution in [2.75, 3.05) is 14.2 Å². The minimum Gasteiger partial charge on any atom is -0.493 e. The van der Waals surface area contributed by atoms with Crippen LogP contribution < -0.4 is 15.2 Å². The summed E-state index contributed by atoms with van der Waals surface area (Å²) >= 11 is 0. The molecule has 0 amide bonds. The van der Waals surface area contributed by atoms with Crippen molar-refractivity contribution >= 4 is 0 Å². The number of halogens is 1. The molecule has 0 fully saturated rings. The van der Waals surface area contributed by atoms with Gasteiger partial charge >= 0.3 is 0 Å². The summed E-state index contributed by atoms with van der Waals surface area (Å²) in [6, 6.07) is 3.36. The van der Waals surface area contributed by atoms with Crippen LogP contribution in [0.4, 0.5) is 4.39 Å². The molecular formula is C12H18FNO2. The lowest BCUT2D eigenvalue weighted by Crippen LogP contribution is -2.30. The van der Waals surface area contributed by atoms with Crippen molar-refractivity contribution in [1.29, 1.82) is 0 Å². The molecule has 3 nitrogen and oxygen atoms in total. The largest absolute Gasteiger partial charge is 0.493 e. The minimum atomic E-state index is -0.610. The van der Waals surface area contributed by atoms with E-state index in [-0.39, 0.29) is 0 Å². The molecule has 1 aromatic rings. The van der Waals surface area contributed by atoms with Gasteiger partial charge in [0.05, 0.1) is 14.2 Å². The Hall–Kier alpha value is -1.29. The molecule has 0 spiro atoms. The van der Waals surface area contributed by atoms with Gasteiger partial charge in [-0.3, -0.25) is 0 Å². The van der Waals surface area contributed by atoms with Crippen molar-refractivity contribution in [3.8, 4) is 11.5 Å². The van der Waals surface area contributed by atoms with Gasteiger partial charge in [0, 0.05) is 5.54 Å². The van der Waals surface area contributed by atoms with E-state index in [2.05, 4.69) is 0 Å². The molecule has 0 unspecified atom stereocenters. The van der Waals surface area contributed by atoms with Gasteiger partial charge in [-0.05, 0) is 37.1 Å². The molecule has 0 bridgehead atoms. The van der Waals surface area contributed by atoms with Crippen molar-refractivity contribution in [3.63, 3.8) is 0 Å². The first-order valence-electron chi connectivity index (χ1n) is 5.04. The molecule has 90 valence electrons. The van der Waals surface area contributed by atoms with Gasteiger partial charge in [0.15, 0.2) is 11.5 Å². The van der Waals surface area contributed by atoms with Gasteiger partial charge in [0.1, 0.15) is 6.67 Å². The Bertz CT molecular complexity index is 372. The van der Waals surface area contributed by atoms with Crippen LogP contribution in [0.2, 0.25) is 0 Å². The standard InChI is InChI=1S/C12H18FNO2/c1-12(2,14)9-6-11(16-4)10(15-3)5-8(9)7-13/h5-6H,7,14H2,1-4H3. The van der Waals surface area contributed by atoms with E-state index in [0.29, 0.717) is 17.1 Å². The molecule has 16 heavy (non-hydrogen) atoms. The van der Waals surface area contributed by atoms with Gasteiger partial charge in [0.25, 0.3) is 0 Å². The fraction of sp³-hybridized carbons (Fsp3) is 0.500. The van der Waals surface area contributed by atoms with Crippen molar-refractivity contribution in [2.45, 2.75) is 26.1 Å². The van der Waals surface area contributed by atoms with Gasteiger partial charge in [-0.15, -0.1) is 0 Å². The maximum absolute atomic E-state index is 12.9. The average molecular weight is 227 g/mol. The highest BCUT2D eigenvalue weighted by atomic mass is 19.1. The van der Waals surface area contributed by atoms with Crippen molar-refractivity contribution < 1.29 is 13.9 Å². The van der Waals surface area contributed by atoms with Crippen molar-refractivity contribution in [3.05, 3.63) is 23.3 Å². The number of hydrogen-bond donors (Lipinski definition) is 1. The molecule has 0 atom stereocenters. The predicted molar refractivity (Wildman–Crippen MR) is 61.6 cm³/mol. The molecule has 4 heteroatoms. The van der Waals surface area contributed by atoms with Crippen LogP contribution in [0.5, 0.6) is 11.5 Å². The van der Waals surface area contributed by atoms with Crippen molar-refractivity contribution in [2.24, 2.45) is 5.73 Å². The Morgan fingerprint density at radius 3 is 2.06 bits per heavy atom. The quantitative estimate of drug-likeness (QED) is 0.858. The Kier molecular flexibility index (Phi) is 3.75. The molecule has 0 aliphatic rings. The number of ether oxygens (including phenoxy) is 2. The normalized spacial score (nSPS) is 11.4. The Morgan fingerprint density at radius 1 is 1.19 bits per heavy atom. The highest BCUT2D eigenvalue weighted by molar-refractivity contribution is 5.49. The third-order valence-corrected chi connectivity index (χ3v) is 2.45. The molecule has 0 aliphatic carbocycles. The van der Waals surface area contributed by atoms with E-state index in [1.54, 1.807) is 19.2 Å². The van der Waals surface area contributed by atoms with E-state index in [1.165, 1.54) is 7.11 Å². The first kappa shape index (κ1) is 12.8. The topological polar surface area (TPSA) is 44.5 Å². The first-order valence-corrected chi connectivity index (χ1v) is 5.04. The summed E-state index contributed by atoms with van der Waals surface area (Å²) in [6.45, 7) is 3.08. The summed E-state index contributed by atoms with van der Waals surface area (Å²) in [5, 5.41) is 0. The summed E-state index contributed by atoms with van der Waals surface area (Å²) in [6.07, 6.45) is 0. The van der Waals surface area contributed by atoms with E-state index in [1.807, 2.05) is 13.8 Å². The molecule has 0 radical (unpaired) electrons. The zero-order valence-corrected chi connectivity index (χ0v) is 10.1. The monoisotopic (exact) mass is 227 g/mol. The van der Waals surface area contributed by atoms with Crippen LogP contribution in [-0.2, 0) is 12.2 Å². The summed E-state index contributed by atoms with van der Waals surface area (Å²) in [7, 11) is 3.06. The molecular weight excluding hydrogens is 209 g/mol. The molecule has 0 saturated heterocycles. The molecule has 0 saturated carbocycles. The van der Waals surface area contributed by atoms with Gasteiger partial charge < -0.3 is 15.2 Å². The van der Waals surface area contributed by atoms with E-state index >= 15 is 0 Å². The highest BCUT2D eigenvalue weighted by Gasteiger charge is 2.21. The van der Waals surface area contributed by atoms with Crippen LogP contribution in [0.1, 0.15) is 25.0 Å². The van der Waals surface area contributed by atoms with Crippen LogP contribution in [-0.4, -0.2) is 14.2 Å². The average Bonchev–Trinajstić information content (AvgIpc) is 2.25. The lowest BCUT2D eigenvalue weighted by Gasteiger charge is -2.23. The smallest absolute Gasteiger partial charge is 0.161 e. The number of alkyl halides is 1. The minimum absolute atomic E-state index is 0.517. The molecule has 0 aromatic heterocycles. The lowest BCUT2D eigenvalue weighted by atomic mass is 9.91. The van der Waals surface area contributed by atoms with Crippen LogP contribution in [0.15, 0.2) is 12.1 Å². The predicted octanol–water partition coefficient (Wildman–Crippen LogP) is 2.37. The van der Waals surface area contributed by atoms with Gasteiger partial charge in [-0.2, -0.15) is 0 Å². The Labute approximate surface area is 95.4 Å². The summed E-state index contributed by atoms with van der Waals surface area (Å²) in [5.74, 6) is 1.08. The Balaban J connectivity index is 3.38. The Morgan fingerprint density at radius 2 is 1.69 bits per heavy atom.